The lowest BCUT2D eigenvalue weighted by molar-refractivity contribution is -0.118. The molecule has 2 aromatic rings. The summed E-state index contributed by atoms with van der Waals surface area (Å²) in [4.78, 5) is 35.4. The lowest BCUT2D eigenvalue weighted by Crippen LogP contribution is -2.25. The summed E-state index contributed by atoms with van der Waals surface area (Å²) in [7, 11) is 0. The molecular formula is C17H11ClFNO5. The molecule has 0 spiro atoms. The van der Waals surface area contributed by atoms with Crippen LogP contribution >= 0.6 is 11.6 Å². The number of anilines is 1. The molecule has 6 nitrogen and oxygen atoms in total. The third-order valence-corrected chi connectivity index (χ3v) is 3.75. The summed E-state index contributed by atoms with van der Waals surface area (Å²) in [6, 6.07) is 8.17. The number of hydrogen-bond donors (Lipinski definition) is 1. The van der Waals surface area contributed by atoms with Crippen LogP contribution in [0.5, 0.6) is 5.75 Å². The van der Waals surface area contributed by atoms with Crippen LogP contribution in [0.15, 0.2) is 36.4 Å². The molecule has 8 heteroatoms. The van der Waals surface area contributed by atoms with Crippen LogP contribution in [0, 0.1) is 5.82 Å². The summed E-state index contributed by atoms with van der Waals surface area (Å²) in [5, 5.41) is 2.46. The molecular weight excluding hydrogens is 353 g/mol. The van der Waals surface area contributed by atoms with Crippen LogP contribution in [0.2, 0.25) is 5.02 Å². The summed E-state index contributed by atoms with van der Waals surface area (Å²) in [5.41, 5.74) is 0.130. The molecule has 0 unspecified atom stereocenters. The Hall–Kier alpha value is -2.93. The average Bonchev–Trinajstić information content (AvgIpc) is 2.58. The van der Waals surface area contributed by atoms with Gasteiger partial charge in [-0.05, 0) is 30.3 Å². The van der Waals surface area contributed by atoms with Gasteiger partial charge in [0.15, 0.2) is 19.0 Å². The Morgan fingerprint density at radius 1 is 1.28 bits per heavy atom. The third kappa shape index (κ3) is 3.61. The molecule has 1 amide bonds. The van der Waals surface area contributed by atoms with E-state index in [1.807, 2.05) is 0 Å². The number of nitrogens with one attached hydrogen (secondary N) is 1. The number of fused-ring (bicyclic) bond motifs is 1. The maximum atomic E-state index is 13.6. The van der Waals surface area contributed by atoms with Crippen LogP contribution in [0.4, 0.5) is 10.1 Å². The van der Waals surface area contributed by atoms with Gasteiger partial charge in [-0.3, -0.25) is 9.59 Å². The molecule has 1 heterocycles. The van der Waals surface area contributed by atoms with Gasteiger partial charge in [-0.15, -0.1) is 0 Å². The van der Waals surface area contributed by atoms with Crippen molar-refractivity contribution in [3.63, 3.8) is 0 Å². The molecule has 1 aliphatic heterocycles. The van der Waals surface area contributed by atoms with Crippen molar-refractivity contribution in [1.29, 1.82) is 0 Å². The number of esters is 1. The van der Waals surface area contributed by atoms with E-state index in [1.165, 1.54) is 30.3 Å². The summed E-state index contributed by atoms with van der Waals surface area (Å²) >= 11 is 5.77. The van der Waals surface area contributed by atoms with Gasteiger partial charge < -0.3 is 14.8 Å². The number of Topliss-reactive ketones (excluding diaryl/α,β-unsaturated/α-hetero) is 1. The van der Waals surface area contributed by atoms with E-state index in [0.717, 1.165) is 6.07 Å². The number of hydrogen-bond acceptors (Lipinski definition) is 5. The van der Waals surface area contributed by atoms with Crippen molar-refractivity contribution < 1.29 is 28.2 Å². The number of halogens is 2. The lowest BCUT2D eigenvalue weighted by atomic mass is 10.1. The maximum Gasteiger partial charge on any atom is 0.343 e. The van der Waals surface area contributed by atoms with Crippen molar-refractivity contribution in [2.75, 3.05) is 18.5 Å². The maximum absolute atomic E-state index is 13.6. The first-order valence-corrected chi connectivity index (χ1v) is 7.54. The number of carbonyl (C=O) groups excluding carboxylic acids is 3. The Balaban J connectivity index is 1.70. The van der Waals surface area contributed by atoms with Crippen LogP contribution in [0.25, 0.3) is 0 Å². The van der Waals surface area contributed by atoms with Crippen molar-refractivity contribution in [2.24, 2.45) is 0 Å². The fraction of sp³-hybridized carbons (Fsp3) is 0.118. The van der Waals surface area contributed by atoms with Crippen LogP contribution in [-0.2, 0) is 9.53 Å². The highest BCUT2D eigenvalue weighted by molar-refractivity contribution is 6.33. The summed E-state index contributed by atoms with van der Waals surface area (Å²) in [6.07, 6.45) is 0. The van der Waals surface area contributed by atoms with E-state index in [1.54, 1.807) is 0 Å². The van der Waals surface area contributed by atoms with Gasteiger partial charge in [0.25, 0.3) is 5.91 Å². The largest absolute Gasteiger partial charge is 0.482 e. The van der Waals surface area contributed by atoms with E-state index >= 15 is 0 Å². The second-order valence-corrected chi connectivity index (χ2v) is 5.55. The zero-order valence-corrected chi connectivity index (χ0v) is 13.4. The molecule has 25 heavy (non-hydrogen) atoms. The van der Waals surface area contributed by atoms with Gasteiger partial charge in [0.1, 0.15) is 17.1 Å². The van der Waals surface area contributed by atoms with Crippen LogP contribution in [0.3, 0.4) is 0 Å². The van der Waals surface area contributed by atoms with E-state index in [-0.39, 0.29) is 23.1 Å². The summed E-state index contributed by atoms with van der Waals surface area (Å²) in [5.74, 6) is -2.29. The predicted molar refractivity (Wildman–Crippen MR) is 86.6 cm³/mol. The van der Waals surface area contributed by atoms with E-state index in [9.17, 15) is 18.8 Å². The molecule has 2 aromatic carbocycles. The highest BCUT2D eigenvalue weighted by atomic mass is 35.5. The smallest absolute Gasteiger partial charge is 0.343 e. The summed E-state index contributed by atoms with van der Waals surface area (Å²) < 4.78 is 23.7. The monoisotopic (exact) mass is 363 g/mol. The fourth-order valence-corrected chi connectivity index (χ4v) is 2.48. The number of ether oxygens (including phenoxy) is 2. The average molecular weight is 364 g/mol. The van der Waals surface area contributed by atoms with Gasteiger partial charge in [0.2, 0.25) is 0 Å². The quantitative estimate of drug-likeness (QED) is 0.667. The number of ketones is 1. The molecule has 0 radical (unpaired) electrons. The number of rotatable bonds is 4. The molecule has 3 rings (SSSR count). The minimum atomic E-state index is -1.04. The molecule has 0 atom stereocenters. The lowest BCUT2D eigenvalue weighted by Gasteiger charge is -2.18. The second kappa shape index (κ2) is 6.90. The summed E-state index contributed by atoms with van der Waals surface area (Å²) in [6.45, 7) is -0.696. The van der Waals surface area contributed by atoms with Crippen molar-refractivity contribution in [2.45, 2.75) is 0 Å². The molecule has 0 saturated carbocycles. The Bertz CT molecular complexity index is 863. The second-order valence-electron chi connectivity index (χ2n) is 5.14. The van der Waals surface area contributed by atoms with Crippen LogP contribution < -0.4 is 10.1 Å². The van der Waals surface area contributed by atoms with E-state index in [4.69, 9.17) is 21.1 Å². The predicted octanol–water partition coefficient (Wildman–Crippen LogP) is 2.85. The molecule has 0 aliphatic carbocycles. The van der Waals surface area contributed by atoms with Gasteiger partial charge in [0.05, 0.1) is 10.7 Å². The van der Waals surface area contributed by atoms with Crippen molar-refractivity contribution in [3.05, 3.63) is 58.4 Å². The molecule has 0 aromatic heterocycles. The standard InChI is InChI=1S/C17H11ClFNO5/c18-10-2-1-3-11(19)16(10)17(23)25-7-13(21)9-4-5-14-12(6-9)20-15(22)8-24-14/h1-6H,7-8H2,(H,20,22). The van der Waals surface area contributed by atoms with Crippen molar-refractivity contribution >= 4 is 34.9 Å². The van der Waals surface area contributed by atoms with Crippen molar-refractivity contribution in [3.8, 4) is 5.75 Å². The first kappa shape index (κ1) is 16.9. The molecule has 1 N–H and O–H groups in total. The molecule has 128 valence electrons. The third-order valence-electron chi connectivity index (χ3n) is 3.44. The van der Waals surface area contributed by atoms with Gasteiger partial charge >= 0.3 is 5.97 Å². The zero-order chi connectivity index (χ0) is 18.0. The molecule has 0 bridgehead atoms. The van der Waals surface area contributed by atoms with Gasteiger partial charge in [-0.2, -0.15) is 0 Å². The fourth-order valence-electron chi connectivity index (χ4n) is 2.24. The molecule has 1 aliphatic rings. The zero-order valence-electron chi connectivity index (χ0n) is 12.7. The number of carbonyl (C=O) groups is 3. The Kier molecular flexibility index (Phi) is 4.67. The first-order chi connectivity index (χ1) is 12.0. The number of benzene rings is 2. The number of amides is 1. The van der Waals surface area contributed by atoms with E-state index < -0.39 is 29.7 Å². The Morgan fingerprint density at radius 3 is 2.84 bits per heavy atom. The molecule has 0 fully saturated rings. The topological polar surface area (TPSA) is 81.7 Å². The van der Waals surface area contributed by atoms with Crippen LogP contribution in [-0.4, -0.2) is 30.9 Å². The van der Waals surface area contributed by atoms with Gasteiger partial charge in [0, 0.05) is 5.56 Å². The SMILES string of the molecule is O=C1COc2ccc(C(=O)COC(=O)c3c(F)cccc3Cl)cc2N1. The molecule has 0 saturated heterocycles. The van der Waals surface area contributed by atoms with Gasteiger partial charge in [-0.25, -0.2) is 9.18 Å². The normalized spacial score (nSPS) is 12.6. The Labute approximate surface area is 146 Å². The Morgan fingerprint density at radius 2 is 2.08 bits per heavy atom. The van der Waals surface area contributed by atoms with Crippen LogP contribution in [0.1, 0.15) is 20.7 Å². The first-order valence-electron chi connectivity index (χ1n) is 7.17. The highest BCUT2D eigenvalue weighted by Gasteiger charge is 2.21. The van der Waals surface area contributed by atoms with Crippen molar-refractivity contribution in [1.82, 2.24) is 0 Å². The van der Waals surface area contributed by atoms with E-state index in [0.29, 0.717) is 11.4 Å². The highest BCUT2D eigenvalue weighted by Crippen LogP contribution is 2.28. The van der Waals surface area contributed by atoms with Gasteiger partial charge in [-0.1, -0.05) is 17.7 Å². The van der Waals surface area contributed by atoms with E-state index in [2.05, 4.69) is 5.32 Å². The minimum absolute atomic E-state index is 0.0959. The minimum Gasteiger partial charge on any atom is -0.482 e.